The maximum Gasteiger partial charge on any atom is 0.130 e. The maximum atomic E-state index is 8.57. The van der Waals surface area contributed by atoms with Gasteiger partial charge in [0.25, 0.3) is 0 Å². The van der Waals surface area contributed by atoms with Crippen molar-refractivity contribution < 1.29 is 4.74 Å². The van der Waals surface area contributed by atoms with Crippen molar-refractivity contribution in [3.05, 3.63) is 88.8 Å². The first-order valence-electron chi connectivity index (χ1n) is 8.30. The summed E-state index contributed by atoms with van der Waals surface area (Å²) in [6.45, 7) is 0.347. The molecule has 25 heavy (non-hydrogen) atoms. The molecule has 0 saturated carbocycles. The van der Waals surface area contributed by atoms with Crippen LogP contribution in [-0.4, -0.2) is 12.6 Å². The maximum absolute atomic E-state index is 8.57. The van der Waals surface area contributed by atoms with Crippen molar-refractivity contribution in [2.75, 3.05) is 6.54 Å². The molecular formula is C21H17N3O. The van der Waals surface area contributed by atoms with Gasteiger partial charge in [0.1, 0.15) is 11.9 Å². The zero-order chi connectivity index (χ0) is 17.1. The Kier molecular flexibility index (Phi) is 4.11. The third-order valence-corrected chi connectivity index (χ3v) is 4.44. The smallest absolute Gasteiger partial charge is 0.130 e. The Labute approximate surface area is 146 Å². The lowest BCUT2D eigenvalue weighted by atomic mass is 9.94. The molecule has 1 atom stereocenters. The fourth-order valence-electron chi connectivity index (χ4n) is 3.29. The number of azide groups is 1. The van der Waals surface area contributed by atoms with Gasteiger partial charge in [0.05, 0.1) is 6.54 Å². The SMILES string of the molecule is [N-]=[N+]=NCC1Cc2cc(-c3ccccc3)cc(-c3ccccc3)c2O1. The van der Waals surface area contributed by atoms with Gasteiger partial charge in [-0.05, 0) is 39.9 Å². The van der Waals surface area contributed by atoms with Gasteiger partial charge in [0, 0.05) is 16.9 Å². The second-order valence-electron chi connectivity index (χ2n) is 6.10. The van der Waals surface area contributed by atoms with Crippen molar-refractivity contribution in [1.29, 1.82) is 0 Å². The summed E-state index contributed by atoms with van der Waals surface area (Å²) >= 11 is 0. The molecule has 0 saturated heterocycles. The van der Waals surface area contributed by atoms with E-state index in [1.807, 2.05) is 36.4 Å². The molecule has 4 heteroatoms. The van der Waals surface area contributed by atoms with E-state index in [4.69, 9.17) is 10.3 Å². The van der Waals surface area contributed by atoms with Crippen LogP contribution >= 0.6 is 0 Å². The lowest BCUT2D eigenvalue weighted by molar-refractivity contribution is 0.242. The summed E-state index contributed by atoms with van der Waals surface area (Å²) < 4.78 is 6.12. The van der Waals surface area contributed by atoms with Crippen LogP contribution in [0.2, 0.25) is 0 Å². The molecule has 0 N–H and O–H groups in total. The van der Waals surface area contributed by atoms with Crippen LogP contribution in [-0.2, 0) is 6.42 Å². The predicted octanol–water partition coefficient (Wildman–Crippen LogP) is 5.63. The van der Waals surface area contributed by atoms with Gasteiger partial charge < -0.3 is 4.74 Å². The van der Waals surface area contributed by atoms with Crippen LogP contribution in [0.5, 0.6) is 5.75 Å². The second kappa shape index (κ2) is 6.71. The molecule has 1 aliphatic rings. The van der Waals surface area contributed by atoms with Crippen LogP contribution in [0.25, 0.3) is 32.7 Å². The molecule has 4 nitrogen and oxygen atoms in total. The van der Waals surface area contributed by atoms with E-state index in [-0.39, 0.29) is 6.10 Å². The van der Waals surface area contributed by atoms with Crippen LogP contribution in [0.15, 0.2) is 77.9 Å². The molecular weight excluding hydrogens is 310 g/mol. The summed E-state index contributed by atoms with van der Waals surface area (Å²) in [5, 5.41) is 3.68. The fraction of sp³-hybridized carbons (Fsp3) is 0.143. The van der Waals surface area contributed by atoms with Gasteiger partial charge in [-0.3, -0.25) is 0 Å². The van der Waals surface area contributed by atoms with Crippen molar-refractivity contribution in [3.8, 4) is 28.0 Å². The molecule has 122 valence electrons. The molecule has 3 aromatic rings. The number of benzene rings is 3. The summed E-state index contributed by atoms with van der Waals surface area (Å²) in [7, 11) is 0. The van der Waals surface area contributed by atoms with Gasteiger partial charge in [-0.25, -0.2) is 0 Å². The first kappa shape index (κ1) is 15.3. The standard InChI is InChI=1S/C21H17N3O/c22-24-23-14-19-12-18-11-17(15-7-3-1-4-8-15)13-20(21(18)25-19)16-9-5-2-6-10-16/h1-11,13,19H,12,14H2. The molecule has 1 unspecified atom stereocenters. The van der Waals surface area contributed by atoms with Crippen LogP contribution in [0.1, 0.15) is 5.56 Å². The minimum absolute atomic E-state index is 0.0978. The van der Waals surface area contributed by atoms with Gasteiger partial charge in [-0.1, -0.05) is 65.8 Å². The van der Waals surface area contributed by atoms with Crippen molar-refractivity contribution >= 4 is 0 Å². The summed E-state index contributed by atoms with van der Waals surface area (Å²) in [4.78, 5) is 2.85. The highest BCUT2D eigenvalue weighted by atomic mass is 16.5. The Hall–Kier alpha value is -3.23. The van der Waals surface area contributed by atoms with Crippen molar-refractivity contribution in [1.82, 2.24) is 0 Å². The van der Waals surface area contributed by atoms with Gasteiger partial charge in [-0.2, -0.15) is 0 Å². The van der Waals surface area contributed by atoms with E-state index in [1.54, 1.807) is 0 Å². The van der Waals surface area contributed by atoms with Crippen molar-refractivity contribution in [3.63, 3.8) is 0 Å². The lowest BCUT2D eigenvalue weighted by Gasteiger charge is -2.13. The molecule has 0 spiro atoms. The van der Waals surface area contributed by atoms with Crippen LogP contribution in [0.3, 0.4) is 0 Å². The zero-order valence-electron chi connectivity index (χ0n) is 13.7. The Balaban J connectivity index is 1.83. The molecule has 4 rings (SSSR count). The molecule has 0 radical (unpaired) electrons. The predicted molar refractivity (Wildman–Crippen MR) is 99.4 cm³/mol. The van der Waals surface area contributed by atoms with E-state index >= 15 is 0 Å². The summed E-state index contributed by atoms with van der Waals surface area (Å²) in [6, 6.07) is 25.0. The van der Waals surface area contributed by atoms with Crippen LogP contribution in [0, 0.1) is 0 Å². The average Bonchev–Trinajstić information content (AvgIpc) is 3.10. The first-order valence-corrected chi connectivity index (χ1v) is 8.30. The minimum atomic E-state index is -0.0978. The number of ether oxygens (including phenoxy) is 1. The Morgan fingerprint density at radius 3 is 2.28 bits per heavy atom. The number of fused-ring (bicyclic) bond motifs is 1. The van der Waals surface area contributed by atoms with Gasteiger partial charge >= 0.3 is 0 Å². The van der Waals surface area contributed by atoms with Crippen LogP contribution in [0.4, 0.5) is 0 Å². The van der Waals surface area contributed by atoms with Gasteiger partial charge in [0.15, 0.2) is 0 Å². The molecule has 0 aliphatic carbocycles. The number of hydrogen-bond donors (Lipinski definition) is 0. The lowest BCUT2D eigenvalue weighted by Crippen LogP contribution is -2.16. The third kappa shape index (κ3) is 3.08. The summed E-state index contributed by atoms with van der Waals surface area (Å²) in [6.07, 6.45) is 0.661. The van der Waals surface area contributed by atoms with E-state index in [0.29, 0.717) is 6.54 Å². The monoisotopic (exact) mass is 327 g/mol. The molecule has 0 fully saturated rings. The van der Waals surface area contributed by atoms with E-state index < -0.39 is 0 Å². The molecule has 1 heterocycles. The highest BCUT2D eigenvalue weighted by Gasteiger charge is 2.26. The second-order valence-corrected chi connectivity index (χ2v) is 6.10. The Bertz CT molecular complexity index is 932. The van der Waals surface area contributed by atoms with E-state index in [1.165, 1.54) is 16.7 Å². The highest BCUT2D eigenvalue weighted by Crippen LogP contribution is 2.42. The largest absolute Gasteiger partial charge is 0.489 e. The zero-order valence-corrected chi connectivity index (χ0v) is 13.7. The Morgan fingerprint density at radius 1 is 0.920 bits per heavy atom. The van der Waals surface area contributed by atoms with Gasteiger partial charge in [0.2, 0.25) is 0 Å². The molecule has 1 aliphatic heterocycles. The molecule has 0 aromatic heterocycles. The third-order valence-electron chi connectivity index (χ3n) is 4.44. The van der Waals surface area contributed by atoms with Crippen molar-refractivity contribution in [2.45, 2.75) is 12.5 Å². The Morgan fingerprint density at radius 2 is 1.60 bits per heavy atom. The van der Waals surface area contributed by atoms with Crippen LogP contribution < -0.4 is 4.74 Å². The highest BCUT2D eigenvalue weighted by molar-refractivity contribution is 5.80. The van der Waals surface area contributed by atoms with Gasteiger partial charge in [-0.15, -0.1) is 0 Å². The normalized spacial score (nSPS) is 15.1. The number of hydrogen-bond acceptors (Lipinski definition) is 2. The fourth-order valence-corrected chi connectivity index (χ4v) is 3.29. The first-order chi connectivity index (χ1) is 12.3. The molecule has 3 aromatic carbocycles. The molecule has 0 bridgehead atoms. The summed E-state index contributed by atoms with van der Waals surface area (Å²) in [5.41, 5.74) is 14.3. The minimum Gasteiger partial charge on any atom is -0.489 e. The molecule has 0 amide bonds. The van der Waals surface area contributed by atoms with Crippen molar-refractivity contribution in [2.24, 2.45) is 5.11 Å². The van der Waals surface area contributed by atoms with E-state index in [9.17, 15) is 0 Å². The van der Waals surface area contributed by atoms with E-state index in [0.717, 1.165) is 23.3 Å². The topological polar surface area (TPSA) is 58.0 Å². The van der Waals surface area contributed by atoms with E-state index in [2.05, 4.69) is 46.4 Å². The number of nitrogens with zero attached hydrogens (tertiary/aromatic N) is 3. The summed E-state index contributed by atoms with van der Waals surface area (Å²) in [5.74, 6) is 0.907. The average molecular weight is 327 g/mol. The quantitative estimate of drug-likeness (QED) is 0.348. The number of rotatable bonds is 4.